The minimum atomic E-state index is -0.702. The van der Waals surface area contributed by atoms with Crippen LogP contribution in [0.15, 0.2) is 30.6 Å². The van der Waals surface area contributed by atoms with Gasteiger partial charge in [0.1, 0.15) is 18.2 Å². The topological polar surface area (TPSA) is 79.9 Å². The summed E-state index contributed by atoms with van der Waals surface area (Å²) >= 11 is 0. The quantitative estimate of drug-likeness (QED) is 0.877. The van der Waals surface area contributed by atoms with Crippen molar-refractivity contribution in [3.8, 4) is 0 Å². The lowest BCUT2D eigenvalue weighted by atomic mass is 9.93. The predicted molar refractivity (Wildman–Crippen MR) is 83.5 cm³/mol. The SMILES string of the molecule is O=C(NC[C@@H]1CCO[C@@H]1c1ncn[nH]1)C1(c2ccccc2F)CC1. The fourth-order valence-electron chi connectivity index (χ4n) is 3.48. The zero-order chi connectivity index (χ0) is 16.6. The van der Waals surface area contributed by atoms with Crippen LogP contribution in [0.4, 0.5) is 4.39 Å². The van der Waals surface area contributed by atoms with E-state index in [1.807, 2.05) is 0 Å². The molecule has 1 aromatic heterocycles. The lowest BCUT2D eigenvalue weighted by Crippen LogP contribution is -2.38. The standard InChI is InChI=1S/C17H19FN4O2/c18-13-4-2-1-3-12(13)17(6-7-17)16(23)19-9-11-5-8-24-14(11)15-20-10-21-22-15/h1-4,10-11,14H,5-9H2,(H,19,23)(H,20,21,22)/t11-,14-/m0/s1. The van der Waals surface area contributed by atoms with E-state index < -0.39 is 5.41 Å². The molecule has 2 atom stereocenters. The summed E-state index contributed by atoms with van der Waals surface area (Å²) in [6, 6.07) is 6.53. The lowest BCUT2D eigenvalue weighted by molar-refractivity contribution is -0.123. The summed E-state index contributed by atoms with van der Waals surface area (Å²) in [6.45, 7) is 1.12. The van der Waals surface area contributed by atoms with Gasteiger partial charge in [0.05, 0.1) is 5.41 Å². The Morgan fingerprint density at radius 2 is 2.25 bits per heavy atom. The molecule has 0 spiro atoms. The molecule has 6 nitrogen and oxygen atoms in total. The monoisotopic (exact) mass is 330 g/mol. The predicted octanol–water partition coefficient (Wildman–Crippen LogP) is 1.87. The normalized spacial score (nSPS) is 24.7. The maximum Gasteiger partial charge on any atom is 0.230 e. The van der Waals surface area contributed by atoms with Gasteiger partial charge in [0, 0.05) is 24.6 Å². The number of aromatic amines is 1. The number of ether oxygens (including phenoxy) is 1. The number of H-pyrrole nitrogens is 1. The van der Waals surface area contributed by atoms with Crippen molar-refractivity contribution < 1.29 is 13.9 Å². The third-order valence-electron chi connectivity index (χ3n) is 5.02. The van der Waals surface area contributed by atoms with Gasteiger partial charge in [0.2, 0.25) is 5.91 Å². The van der Waals surface area contributed by atoms with E-state index in [9.17, 15) is 9.18 Å². The van der Waals surface area contributed by atoms with Crippen LogP contribution in [0.5, 0.6) is 0 Å². The third kappa shape index (κ3) is 2.58. The van der Waals surface area contributed by atoms with Gasteiger partial charge in [0.15, 0.2) is 5.82 Å². The number of carbonyl (C=O) groups excluding carboxylic acids is 1. The maximum absolute atomic E-state index is 14.1. The molecular formula is C17H19FN4O2. The summed E-state index contributed by atoms with van der Waals surface area (Å²) in [6.07, 6.45) is 3.48. The molecule has 2 heterocycles. The minimum Gasteiger partial charge on any atom is -0.370 e. The van der Waals surface area contributed by atoms with E-state index in [0.29, 0.717) is 37.4 Å². The number of aromatic nitrogens is 3. The first-order valence-electron chi connectivity index (χ1n) is 8.21. The molecule has 1 aromatic carbocycles. The van der Waals surface area contributed by atoms with Gasteiger partial charge in [-0.25, -0.2) is 9.37 Å². The van der Waals surface area contributed by atoms with Crippen molar-refractivity contribution in [3.63, 3.8) is 0 Å². The second-order valence-corrected chi connectivity index (χ2v) is 6.48. The van der Waals surface area contributed by atoms with Crippen molar-refractivity contribution in [1.29, 1.82) is 0 Å². The largest absolute Gasteiger partial charge is 0.370 e. The molecule has 7 heteroatoms. The van der Waals surface area contributed by atoms with Crippen molar-refractivity contribution in [2.45, 2.75) is 30.8 Å². The van der Waals surface area contributed by atoms with Gasteiger partial charge in [0.25, 0.3) is 0 Å². The number of nitrogens with one attached hydrogen (secondary N) is 2. The van der Waals surface area contributed by atoms with E-state index in [1.54, 1.807) is 18.2 Å². The number of benzene rings is 1. The Hall–Kier alpha value is -2.28. The molecule has 2 aliphatic rings. The fourth-order valence-corrected chi connectivity index (χ4v) is 3.48. The van der Waals surface area contributed by atoms with Crippen LogP contribution in [0.3, 0.4) is 0 Å². The maximum atomic E-state index is 14.1. The second kappa shape index (κ2) is 5.98. The van der Waals surface area contributed by atoms with E-state index in [1.165, 1.54) is 12.4 Å². The van der Waals surface area contributed by atoms with E-state index in [-0.39, 0.29) is 23.7 Å². The van der Waals surface area contributed by atoms with Crippen LogP contribution < -0.4 is 5.32 Å². The summed E-state index contributed by atoms with van der Waals surface area (Å²) < 4.78 is 19.8. The minimum absolute atomic E-state index is 0.101. The molecule has 1 saturated heterocycles. The van der Waals surface area contributed by atoms with Crippen LogP contribution in [0, 0.1) is 11.7 Å². The first-order valence-corrected chi connectivity index (χ1v) is 8.21. The Morgan fingerprint density at radius 1 is 1.42 bits per heavy atom. The highest BCUT2D eigenvalue weighted by Crippen LogP contribution is 2.49. The smallest absolute Gasteiger partial charge is 0.230 e. The molecule has 0 unspecified atom stereocenters. The van der Waals surface area contributed by atoms with Crippen LogP contribution >= 0.6 is 0 Å². The fraction of sp³-hybridized carbons (Fsp3) is 0.471. The lowest BCUT2D eigenvalue weighted by Gasteiger charge is -2.20. The molecule has 1 saturated carbocycles. The van der Waals surface area contributed by atoms with E-state index >= 15 is 0 Å². The number of hydrogen-bond donors (Lipinski definition) is 2. The number of halogens is 1. The zero-order valence-electron chi connectivity index (χ0n) is 13.2. The average Bonchev–Trinajstić information content (AvgIpc) is 3.00. The number of carbonyl (C=O) groups is 1. The molecule has 2 N–H and O–H groups in total. The number of amides is 1. The number of nitrogens with zero attached hydrogens (tertiary/aromatic N) is 2. The third-order valence-corrected chi connectivity index (χ3v) is 5.02. The Balaban J connectivity index is 1.43. The van der Waals surface area contributed by atoms with Crippen LogP contribution in [0.1, 0.15) is 36.8 Å². The van der Waals surface area contributed by atoms with Gasteiger partial charge in [-0.05, 0) is 25.3 Å². The Bertz CT molecular complexity index is 730. The second-order valence-electron chi connectivity index (χ2n) is 6.48. The summed E-state index contributed by atoms with van der Waals surface area (Å²) in [5.41, 5.74) is -0.205. The van der Waals surface area contributed by atoms with Crippen molar-refractivity contribution in [2.75, 3.05) is 13.2 Å². The molecule has 126 valence electrons. The van der Waals surface area contributed by atoms with Crippen molar-refractivity contribution in [1.82, 2.24) is 20.5 Å². The van der Waals surface area contributed by atoms with E-state index in [2.05, 4.69) is 20.5 Å². The average molecular weight is 330 g/mol. The summed E-state index contributed by atoms with van der Waals surface area (Å²) in [5, 5.41) is 9.67. The molecule has 24 heavy (non-hydrogen) atoms. The zero-order valence-corrected chi connectivity index (χ0v) is 13.2. The Kier molecular flexibility index (Phi) is 3.80. The molecule has 1 amide bonds. The summed E-state index contributed by atoms with van der Waals surface area (Å²) in [5.74, 6) is 0.407. The van der Waals surface area contributed by atoms with Gasteiger partial charge in [-0.1, -0.05) is 18.2 Å². The van der Waals surface area contributed by atoms with Gasteiger partial charge in [-0.2, -0.15) is 5.10 Å². The van der Waals surface area contributed by atoms with Crippen LogP contribution in [0.2, 0.25) is 0 Å². The first kappa shape index (κ1) is 15.3. The van der Waals surface area contributed by atoms with Crippen LogP contribution in [0.25, 0.3) is 0 Å². The Labute approximate surface area is 138 Å². The molecular weight excluding hydrogens is 311 g/mol. The van der Waals surface area contributed by atoms with E-state index in [0.717, 1.165) is 6.42 Å². The first-order chi connectivity index (χ1) is 11.7. The molecule has 2 aromatic rings. The van der Waals surface area contributed by atoms with Crippen LogP contribution in [-0.4, -0.2) is 34.2 Å². The van der Waals surface area contributed by atoms with Crippen molar-refractivity contribution in [2.24, 2.45) is 5.92 Å². The van der Waals surface area contributed by atoms with Crippen molar-refractivity contribution in [3.05, 3.63) is 47.8 Å². The Morgan fingerprint density at radius 3 is 2.96 bits per heavy atom. The molecule has 4 rings (SSSR count). The highest BCUT2D eigenvalue weighted by atomic mass is 19.1. The van der Waals surface area contributed by atoms with Gasteiger partial charge in [-0.3, -0.25) is 9.89 Å². The molecule has 2 fully saturated rings. The number of hydrogen-bond acceptors (Lipinski definition) is 4. The number of rotatable bonds is 5. The van der Waals surface area contributed by atoms with Gasteiger partial charge in [-0.15, -0.1) is 0 Å². The van der Waals surface area contributed by atoms with Crippen LogP contribution in [-0.2, 0) is 14.9 Å². The highest BCUT2D eigenvalue weighted by Gasteiger charge is 2.52. The molecule has 1 aliphatic heterocycles. The van der Waals surface area contributed by atoms with Gasteiger partial charge >= 0.3 is 0 Å². The van der Waals surface area contributed by atoms with Gasteiger partial charge < -0.3 is 10.1 Å². The molecule has 1 aliphatic carbocycles. The highest BCUT2D eigenvalue weighted by molar-refractivity contribution is 5.91. The van der Waals surface area contributed by atoms with Crippen molar-refractivity contribution >= 4 is 5.91 Å². The summed E-state index contributed by atoms with van der Waals surface area (Å²) in [7, 11) is 0. The molecule has 0 bridgehead atoms. The van der Waals surface area contributed by atoms with E-state index in [4.69, 9.17) is 4.74 Å². The summed E-state index contributed by atoms with van der Waals surface area (Å²) in [4.78, 5) is 16.8. The molecule has 0 radical (unpaired) electrons.